The van der Waals surface area contributed by atoms with Crippen LogP contribution in [0.15, 0.2) is 11.2 Å². The van der Waals surface area contributed by atoms with Gasteiger partial charge in [0.1, 0.15) is 5.82 Å². The van der Waals surface area contributed by atoms with Crippen LogP contribution < -0.4 is 5.32 Å². The first-order chi connectivity index (χ1) is 9.07. The van der Waals surface area contributed by atoms with Crippen molar-refractivity contribution in [1.82, 2.24) is 24.5 Å². The van der Waals surface area contributed by atoms with Gasteiger partial charge in [0.25, 0.3) is 10.0 Å². The number of sulfonamides is 1. The number of nitrogens with zero attached hydrogens (tertiary/aromatic N) is 3. The van der Waals surface area contributed by atoms with Crippen molar-refractivity contribution in [2.75, 3.05) is 39.3 Å². The predicted octanol–water partition coefficient (Wildman–Crippen LogP) is -1.00. The van der Waals surface area contributed by atoms with Crippen LogP contribution in [-0.4, -0.2) is 72.9 Å². The Morgan fingerprint density at radius 1 is 1.32 bits per heavy atom. The molecule has 2 aliphatic rings. The average Bonchev–Trinajstić information content (AvgIpc) is 2.76. The van der Waals surface area contributed by atoms with Gasteiger partial charge < -0.3 is 10.3 Å². The molecule has 1 aromatic heterocycles. The molecule has 0 saturated carbocycles. The first-order valence-electron chi connectivity index (χ1n) is 6.54. The summed E-state index contributed by atoms with van der Waals surface area (Å²) >= 11 is 0. The van der Waals surface area contributed by atoms with Crippen LogP contribution >= 0.6 is 0 Å². The molecule has 0 aromatic carbocycles. The van der Waals surface area contributed by atoms with E-state index in [0.717, 1.165) is 26.2 Å². The molecule has 0 atom stereocenters. The topological polar surface area (TPSA) is 81.3 Å². The summed E-state index contributed by atoms with van der Waals surface area (Å²) in [5.74, 6) is 0.623. The molecule has 1 aromatic rings. The Kier molecular flexibility index (Phi) is 3.34. The maximum Gasteiger partial charge on any atom is 0.260 e. The number of hydrogen-bond donors (Lipinski definition) is 2. The van der Waals surface area contributed by atoms with E-state index in [-0.39, 0.29) is 5.03 Å². The molecule has 3 rings (SSSR count). The molecular formula is C11H19N5O2S. The minimum Gasteiger partial charge on any atom is -0.332 e. The van der Waals surface area contributed by atoms with Gasteiger partial charge in [-0.25, -0.2) is 13.4 Å². The average molecular weight is 285 g/mol. The fraction of sp³-hybridized carbons (Fsp3) is 0.727. The van der Waals surface area contributed by atoms with Gasteiger partial charge in [-0.3, -0.25) is 4.90 Å². The van der Waals surface area contributed by atoms with Crippen LogP contribution in [0, 0.1) is 6.92 Å². The van der Waals surface area contributed by atoms with Crippen molar-refractivity contribution < 1.29 is 8.42 Å². The van der Waals surface area contributed by atoms with Gasteiger partial charge in [-0.15, -0.1) is 0 Å². The minimum absolute atomic E-state index is 0.198. The molecule has 2 saturated heterocycles. The van der Waals surface area contributed by atoms with Crippen LogP contribution in [0.5, 0.6) is 0 Å². The van der Waals surface area contributed by atoms with Crippen molar-refractivity contribution in [2.24, 2.45) is 0 Å². The molecule has 0 radical (unpaired) electrons. The molecule has 3 heterocycles. The lowest BCUT2D eigenvalue weighted by molar-refractivity contribution is 0.0772. The second-order valence-electron chi connectivity index (χ2n) is 5.09. The Bertz CT molecular complexity index is 543. The summed E-state index contributed by atoms with van der Waals surface area (Å²) in [4.78, 5) is 9.11. The molecule has 2 fully saturated rings. The van der Waals surface area contributed by atoms with Crippen molar-refractivity contribution in [1.29, 1.82) is 0 Å². The van der Waals surface area contributed by atoms with Gasteiger partial charge in [0.05, 0.1) is 6.20 Å². The third kappa shape index (κ3) is 2.40. The quantitative estimate of drug-likeness (QED) is 0.744. The zero-order chi connectivity index (χ0) is 13.5. The van der Waals surface area contributed by atoms with Crippen molar-refractivity contribution in [2.45, 2.75) is 18.0 Å². The molecule has 106 valence electrons. The number of H-pyrrole nitrogens is 1. The Balaban J connectivity index is 1.63. The lowest BCUT2D eigenvalue weighted by Gasteiger charge is -2.45. The summed E-state index contributed by atoms with van der Waals surface area (Å²) in [6, 6.07) is 0.362. The van der Waals surface area contributed by atoms with Crippen molar-refractivity contribution in [3.63, 3.8) is 0 Å². The zero-order valence-electron chi connectivity index (χ0n) is 11.0. The second kappa shape index (κ2) is 4.86. The van der Waals surface area contributed by atoms with E-state index in [0.29, 0.717) is 25.0 Å². The summed E-state index contributed by atoms with van der Waals surface area (Å²) in [7, 11) is -3.38. The molecule has 0 bridgehead atoms. The Labute approximate surface area is 113 Å². The number of piperazine rings is 1. The fourth-order valence-corrected chi connectivity index (χ4v) is 4.04. The Morgan fingerprint density at radius 3 is 2.58 bits per heavy atom. The molecule has 8 heteroatoms. The SMILES string of the molecule is Cc1ncc(S(=O)(=O)N2CC(N3CCNCC3)C2)[nH]1. The summed E-state index contributed by atoms with van der Waals surface area (Å²) in [5, 5.41) is 3.50. The van der Waals surface area contributed by atoms with Crippen LogP contribution in [-0.2, 0) is 10.0 Å². The number of aromatic nitrogens is 2. The monoisotopic (exact) mass is 285 g/mol. The number of nitrogens with one attached hydrogen (secondary N) is 2. The Hall–Kier alpha value is -0.960. The fourth-order valence-electron chi connectivity index (χ4n) is 2.56. The summed E-state index contributed by atoms with van der Waals surface area (Å²) in [6.45, 7) is 6.90. The third-order valence-corrected chi connectivity index (χ3v) is 5.54. The number of rotatable bonds is 3. The number of imidazole rings is 1. The van der Waals surface area contributed by atoms with Crippen LogP contribution in [0.1, 0.15) is 5.82 Å². The first-order valence-corrected chi connectivity index (χ1v) is 7.98. The molecule has 0 aliphatic carbocycles. The van der Waals surface area contributed by atoms with E-state index in [1.807, 2.05) is 0 Å². The number of hydrogen-bond acceptors (Lipinski definition) is 5. The van der Waals surface area contributed by atoms with Crippen molar-refractivity contribution >= 4 is 10.0 Å². The van der Waals surface area contributed by atoms with Crippen LogP contribution in [0.3, 0.4) is 0 Å². The van der Waals surface area contributed by atoms with E-state index < -0.39 is 10.0 Å². The Morgan fingerprint density at radius 2 is 2.00 bits per heavy atom. The largest absolute Gasteiger partial charge is 0.332 e. The molecule has 0 unspecified atom stereocenters. The minimum atomic E-state index is -3.38. The van der Waals surface area contributed by atoms with E-state index in [1.54, 1.807) is 6.92 Å². The summed E-state index contributed by atoms with van der Waals surface area (Å²) in [5.41, 5.74) is 0. The van der Waals surface area contributed by atoms with Gasteiger partial charge in [0.15, 0.2) is 5.03 Å². The van der Waals surface area contributed by atoms with Crippen molar-refractivity contribution in [3.05, 3.63) is 12.0 Å². The number of aryl methyl sites for hydroxylation is 1. The smallest absolute Gasteiger partial charge is 0.260 e. The van der Waals surface area contributed by atoms with E-state index in [9.17, 15) is 8.42 Å². The third-order valence-electron chi connectivity index (χ3n) is 3.79. The molecular weight excluding hydrogens is 266 g/mol. The standard InChI is InChI=1S/C11H19N5O2S/c1-9-13-6-11(14-9)19(17,18)16-7-10(8-16)15-4-2-12-3-5-15/h6,10,12H,2-5,7-8H2,1H3,(H,13,14). The summed E-state index contributed by atoms with van der Waals surface area (Å²) < 4.78 is 26.1. The highest BCUT2D eigenvalue weighted by Gasteiger charge is 2.40. The van der Waals surface area contributed by atoms with Gasteiger partial charge in [0, 0.05) is 45.3 Å². The van der Waals surface area contributed by atoms with Gasteiger partial charge in [-0.2, -0.15) is 4.31 Å². The van der Waals surface area contributed by atoms with Crippen LogP contribution in [0.4, 0.5) is 0 Å². The van der Waals surface area contributed by atoms with Crippen LogP contribution in [0.25, 0.3) is 0 Å². The van der Waals surface area contributed by atoms with E-state index in [1.165, 1.54) is 10.5 Å². The molecule has 2 N–H and O–H groups in total. The maximum absolute atomic E-state index is 12.3. The molecule has 7 nitrogen and oxygen atoms in total. The molecule has 0 amide bonds. The predicted molar refractivity (Wildman–Crippen MR) is 70.3 cm³/mol. The molecule has 19 heavy (non-hydrogen) atoms. The van der Waals surface area contributed by atoms with Gasteiger partial charge in [-0.1, -0.05) is 0 Å². The molecule has 0 spiro atoms. The normalized spacial score (nSPS) is 23.4. The van der Waals surface area contributed by atoms with Gasteiger partial charge in [0.2, 0.25) is 0 Å². The highest BCUT2D eigenvalue weighted by Crippen LogP contribution is 2.23. The lowest BCUT2D eigenvalue weighted by atomic mass is 10.1. The van der Waals surface area contributed by atoms with Crippen LogP contribution in [0.2, 0.25) is 0 Å². The van der Waals surface area contributed by atoms with E-state index in [2.05, 4.69) is 20.2 Å². The van der Waals surface area contributed by atoms with E-state index >= 15 is 0 Å². The van der Waals surface area contributed by atoms with Gasteiger partial charge >= 0.3 is 0 Å². The van der Waals surface area contributed by atoms with E-state index in [4.69, 9.17) is 0 Å². The maximum atomic E-state index is 12.3. The highest BCUT2D eigenvalue weighted by molar-refractivity contribution is 7.89. The van der Waals surface area contributed by atoms with Crippen molar-refractivity contribution in [3.8, 4) is 0 Å². The number of aromatic amines is 1. The second-order valence-corrected chi connectivity index (χ2v) is 7.00. The van der Waals surface area contributed by atoms with Gasteiger partial charge in [-0.05, 0) is 6.92 Å². The lowest BCUT2D eigenvalue weighted by Crippen LogP contribution is -2.63. The molecule has 2 aliphatic heterocycles. The first kappa shape index (κ1) is 13.0. The zero-order valence-corrected chi connectivity index (χ0v) is 11.8. The highest BCUT2D eigenvalue weighted by atomic mass is 32.2. The summed E-state index contributed by atoms with van der Waals surface area (Å²) in [6.07, 6.45) is 1.39.